The standard InChI is InChI=1S/C24H21N3O4S2/c1-15-7-5-11-26-20(15)25-21(31-16-8-3-2-4-9-16)18(22(26)28)13-19-23(29)27(24(32)33-19)14-17-10-6-12-30-17/h2-5,7-9,11,13,17H,6,10,12,14H2,1H3/b19-13-/t17-/m0/s1. The zero-order chi connectivity index (χ0) is 22.9. The topological polar surface area (TPSA) is 73.1 Å². The SMILES string of the molecule is Cc1cccn2c(=O)c(/C=C3\SC(=S)N(C[C@@H]4CCCO4)C3=O)c(Oc3ccccc3)nc12. The molecule has 33 heavy (non-hydrogen) atoms. The van der Waals surface area contributed by atoms with E-state index in [4.69, 9.17) is 21.7 Å². The van der Waals surface area contributed by atoms with Crippen LogP contribution in [0.4, 0.5) is 0 Å². The largest absolute Gasteiger partial charge is 0.438 e. The van der Waals surface area contributed by atoms with E-state index >= 15 is 0 Å². The Hall–Kier alpha value is -3.01. The summed E-state index contributed by atoms with van der Waals surface area (Å²) in [6.45, 7) is 3.00. The molecule has 2 fully saturated rings. The van der Waals surface area contributed by atoms with Crippen LogP contribution in [0.2, 0.25) is 0 Å². The van der Waals surface area contributed by atoms with Gasteiger partial charge in [-0.2, -0.15) is 4.98 Å². The highest BCUT2D eigenvalue weighted by Gasteiger charge is 2.35. The number of pyridine rings is 1. The first-order chi connectivity index (χ1) is 16.0. The van der Waals surface area contributed by atoms with Crippen molar-refractivity contribution in [2.24, 2.45) is 0 Å². The molecule has 2 aliphatic heterocycles. The molecule has 9 heteroatoms. The fraction of sp³-hybridized carbons (Fsp3) is 0.250. The van der Waals surface area contributed by atoms with Crippen molar-refractivity contribution in [3.8, 4) is 11.6 Å². The van der Waals surface area contributed by atoms with Crippen molar-refractivity contribution in [1.82, 2.24) is 14.3 Å². The number of carbonyl (C=O) groups is 1. The van der Waals surface area contributed by atoms with Gasteiger partial charge >= 0.3 is 0 Å². The zero-order valence-corrected chi connectivity index (χ0v) is 19.5. The summed E-state index contributed by atoms with van der Waals surface area (Å²) in [6.07, 6.45) is 5.07. The van der Waals surface area contributed by atoms with Crippen LogP contribution in [0.1, 0.15) is 24.0 Å². The van der Waals surface area contributed by atoms with Crippen molar-refractivity contribution in [2.75, 3.05) is 13.2 Å². The van der Waals surface area contributed by atoms with Gasteiger partial charge < -0.3 is 9.47 Å². The van der Waals surface area contributed by atoms with Crippen molar-refractivity contribution < 1.29 is 14.3 Å². The summed E-state index contributed by atoms with van der Waals surface area (Å²) < 4.78 is 13.6. The minimum absolute atomic E-state index is 0.0141. The number of carbonyl (C=O) groups excluding carboxylic acids is 1. The van der Waals surface area contributed by atoms with Gasteiger partial charge in [0.05, 0.1) is 17.6 Å². The molecule has 2 aromatic heterocycles. The van der Waals surface area contributed by atoms with Crippen LogP contribution in [0, 0.1) is 6.92 Å². The van der Waals surface area contributed by atoms with Crippen LogP contribution in [0.15, 0.2) is 58.4 Å². The number of para-hydroxylation sites is 1. The zero-order valence-electron chi connectivity index (χ0n) is 17.9. The average Bonchev–Trinajstić information content (AvgIpc) is 3.42. The second-order valence-electron chi connectivity index (χ2n) is 7.86. The van der Waals surface area contributed by atoms with Crippen molar-refractivity contribution in [2.45, 2.75) is 25.9 Å². The summed E-state index contributed by atoms with van der Waals surface area (Å²) in [4.78, 5) is 33.1. The van der Waals surface area contributed by atoms with Crippen LogP contribution in [0.5, 0.6) is 11.6 Å². The van der Waals surface area contributed by atoms with Crippen LogP contribution < -0.4 is 10.3 Å². The molecule has 4 heterocycles. The highest BCUT2D eigenvalue weighted by molar-refractivity contribution is 8.26. The van der Waals surface area contributed by atoms with Crippen LogP contribution in [0.25, 0.3) is 11.7 Å². The van der Waals surface area contributed by atoms with Gasteiger partial charge in [-0.25, -0.2) is 0 Å². The molecule has 0 radical (unpaired) electrons. The van der Waals surface area contributed by atoms with Gasteiger partial charge in [-0.1, -0.05) is 48.2 Å². The summed E-state index contributed by atoms with van der Waals surface area (Å²) in [6, 6.07) is 12.8. The van der Waals surface area contributed by atoms with Crippen molar-refractivity contribution in [3.05, 3.63) is 75.0 Å². The predicted molar refractivity (Wildman–Crippen MR) is 132 cm³/mol. The Balaban J connectivity index is 1.58. The monoisotopic (exact) mass is 479 g/mol. The molecular weight excluding hydrogens is 458 g/mol. The smallest absolute Gasteiger partial charge is 0.269 e. The number of nitrogens with zero attached hydrogens (tertiary/aromatic N) is 3. The van der Waals surface area contributed by atoms with Gasteiger partial charge in [0.15, 0.2) is 0 Å². The summed E-state index contributed by atoms with van der Waals surface area (Å²) in [5.41, 5.74) is 1.21. The fourth-order valence-corrected chi connectivity index (χ4v) is 5.13. The maximum absolute atomic E-state index is 13.4. The first-order valence-electron chi connectivity index (χ1n) is 10.6. The Bertz CT molecular complexity index is 1330. The Morgan fingerprint density at radius 2 is 2.06 bits per heavy atom. The second-order valence-corrected chi connectivity index (χ2v) is 9.54. The number of hydrogen-bond acceptors (Lipinski definition) is 7. The maximum Gasteiger partial charge on any atom is 0.269 e. The lowest BCUT2D eigenvalue weighted by atomic mass is 10.2. The second kappa shape index (κ2) is 9.09. The number of hydrogen-bond donors (Lipinski definition) is 0. The van der Waals surface area contributed by atoms with Crippen LogP contribution in [-0.4, -0.2) is 43.8 Å². The quantitative estimate of drug-likeness (QED) is 0.402. The van der Waals surface area contributed by atoms with Gasteiger partial charge in [-0.3, -0.25) is 18.9 Å². The Kier molecular flexibility index (Phi) is 6.01. The predicted octanol–water partition coefficient (Wildman–Crippen LogP) is 4.18. The third kappa shape index (κ3) is 4.31. The van der Waals surface area contributed by atoms with Crippen LogP contribution >= 0.6 is 24.0 Å². The molecule has 0 saturated carbocycles. The Labute approximate surface area is 200 Å². The molecule has 168 valence electrons. The molecule has 2 saturated heterocycles. The highest BCUT2D eigenvalue weighted by atomic mass is 32.2. The molecule has 0 spiro atoms. The lowest BCUT2D eigenvalue weighted by molar-refractivity contribution is -0.123. The number of rotatable bonds is 5. The fourth-order valence-electron chi connectivity index (χ4n) is 3.87. The highest BCUT2D eigenvalue weighted by Crippen LogP contribution is 2.35. The number of fused-ring (bicyclic) bond motifs is 1. The van der Waals surface area contributed by atoms with Crippen LogP contribution in [0.3, 0.4) is 0 Å². The van der Waals surface area contributed by atoms with Crippen molar-refractivity contribution in [1.29, 1.82) is 0 Å². The number of ether oxygens (including phenoxy) is 2. The van der Waals surface area contributed by atoms with Gasteiger partial charge in [0, 0.05) is 12.8 Å². The molecule has 1 atom stereocenters. The lowest BCUT2D eigenvalue weighted by Gasteiger charge is -2.18. The molecule has 5 rings (SSSR count). The van der Waals surface area contributed by atoms with Crippen molar-refractivity contribution in [3.63, 3.8) is 0 Å². The molecule has 2 aliphatic rings. The Morgan fingerprint density at radius 3 is 2.82 bits per heavy atom. The van der Waals surface area contributed by atoms with Gasteiger partial charge in [0.2, 0.25) is 5.88 Å². The van der Waals surface area contributed by atoms with E-state index in [9.17, 15) is 9.59 Å². The third-order valence-electron chi connectivity index (χ3n) is 5.57. The number of benzene rings is 1. The average molecular weight is 480 g/mol. The summed E-state index contributed by atoms with van der Waals surface area (Å²) in [5.74, 6) is 0.452. The van der Waals surface area contributed by atoms with E-state index in [0.29, 0.717) is 33.8 Å². The molecule has 0 bridgehead atoms. The number of aromatic nitrogens is 2. The van der Waals surface area contributed by atoms with E-state index in [1.807, 2.05) is 31.2 Å². The molecule has 3 aromatic rings. The summed E-state index contributed by atoms with van der Waals surface area (Å²) in [7, 11) is 0. The van der Waals surface area contributed by atoms with Crippen molar-refractivity contribution >= 4 is 45.9 Å². The van der Waals surface area contributed by atoms with Gasteiger partial charge in [-0.05, 0) is 49.6 Å². The van der Waals surface area contributed by atoms with E-state index in [1.54, 1.807) is 29.3 Å². The molecule has 0 aliphatic carbocycles. The molecule has 0 N–H and O–H groups in total. The van der Waals surface area contributed by atoms with E-state index in [2.05, 4.69) is 4.98 Å². The summed E-state index contributed by atoms with van der Waals surface area (Å²) >= 11 is 6.63. The molecule has 1 amide bonds. The van der Waals surface area contributed by atoms with Crippen LogP contribution in [-0.2, 0) is 9.53 Å². The van der Waals surface area contributed by atoms with E-state index < -0.39 is 0 Å². The van der Waals surface area contributed by atoms with Gasteiger partial charge in [0.25, 0.3) is 11.5 Å². The Morgan fingerprint density at radius 1 is 1.24 bits per heavy atom. The molecule has 7 nitrogen and oxygen atoms in total. The minimum atomic E-state index is -0.320. The number of aryl methyl sites for hydroxylation is 1. The maximum atomic E-state index is 13.4. The van der Waals surface area contributed by atoms with E-state index in [0.717, 1.165) is 18.4 Å². The first kappa shape index (κ1) is 21.8. The van der Waals surface area contributed by atoms with E-state index in [1.165, 1.54) is 22.2 Å². The number of thiocarbonyl (C=S) groups is 1. The number of thioether (sulfide) groups is 1. The molecular formula is C24H21N3O4S2. The normalized spacial score (nSPS) is 19.7. The first-order valence-corrected chi connectivity index (χ1v) is 11.9. The van der Waals surface area contributed by atoms with Gasteiger partial charge in [-0.15, -0.1) is 0 Å². The third-order valence-corrected chi connectivity index (χ3v) is 6.94. The van der Waals surface area contributed by atoms with Gasteiger partial charge in [0.1, 0.15) is 21.3 Å². The minimum Gasteiger partial charge on any atom is -0.438 e. The molecule has 1 aromatic carbocycles. The van der Waals surface area contributed by atoms with E-state index in [-0.39, 0.29) is 29.0 Å². The summed E-state index contributed by atoms with van der Waals surface area (Å²) in [5, 5.41) is 0. The lowest BCUT2D eigenvalue weighted by Crippen LogP contribution is -2.35. The number of amides is 1. The molecule has 0 unspecified atom stereocenters.